The van der Waals surface area contributed by atoms with E-state index in [0.717, 1.165) is 0 Å². The van der Waals surface area contributed by atoms with Gasteiger partial charge in [-0.15, -0.1) is 0 Å². The zero-order valence-corrected chi connectivity index (χ0v) is 11.8. The number of hydrogen-bond acceptors (Lipinski definition) is 8. The molecule has 1 fully saturated rings. The zero-order chi connectivity index (χ0) is 15.3. The summed E-state index contributed by atoms with van der Waals surface area (Å²) in [7, 11) is 1.36. The molecule has 0 saturated carbocycles. The summed E-state index contributed by atoms with van der Waals surface area (Å²) >= 11 is 0. The van der Waals surface area contributed by atoms with E-state index in [2.05, 4.69) is 0 Å². The van der Waals surface area contributed by atoms with Crippen LogP contribution >= 0.6 is 0 Å². The van der Waals surface area contributed by atoms with Crippen LogP contribution in [0.3, 0.4) is 0 Å². The minimum absolute atomic E-state index is 0.134. The fraction of sp³-hybridized carbons (Fsp3) is 0.750. The third-order valence-corrected chi connectivity index (χ3v) is 2.55. The smallest absolute Gasteiger partial charge is 0.303 e. The molecule has 0 N–H and O–H groups in total. The maximum absolute atomic E-state index is 11.1. The van der Waals surface area contributed by atoms with E-state index in [4.69, 9.17) is 23.7 Å². The first-order valence-electron chi connectivity index (χ1n) is 6.01. The molecule has 1 aliphatic rings. The first kappa shape index (κ1) is 16.4. The highest BCUT2D eigenvalue weighted by molar-refractivity contribution is 5.67. The van der Waals surface area contributed by atoms with E-state index in [9.17, 15) is 14.4 Å². The summed E-state index contributed by atoms with van der Waals surface area (Å²) < 4.78 is 25.5. The number of rotatable bonds is 5. The van der Waals surface area contributed by atoms with Crippen molar-refractivity contribution in [3.8, 4) is 0 Å². The third kappa shape index (κ3) is 4.46. The Hall–Kier alpha value is -1.67. The standard InChI is InChI=1S/C12H18O8/c1-6(13)17-5-9-10(18-7(2)14)11(19-8(3)15)12(16-4)20-9/h9-12H,5H2,1-4H3/t9-,10?,11?,12+/m0/s1. The van der Waals surface area contributed by atoms with Gasteiger partial charge in [0.25, 0.3) is 0 Å². The summed E-state index contributed by atoms with van der Waals surface area (Å²) in [5, 5.41) is 0. The molecule has 0 aromatic rings. The van der Waals surface area contributed by atoms with Crippen LogP contribution in [-0.4, -0.2) is 56.2 Å². The second-order valence-electron chi connectivity index (χ2n) is 4.23. The lowest BCUT2D eigenvalue weighted by molar-refractivity contribution is -0.181. The summed E-state index contributed by atoms with van der Waals surface area (Å²) in [6, 6.07) is 0. The maximum Gasteiger partial charge on any atom is 0.303 e. The largest absolute Gasteiger partial charge is 0.463 e. The SMILES string of the molecule is CO[C@@H]1O[C@@H](COC(C)=O)C(OC(C)=O)C1OC(C)=O. The normalized spacial score (nSPS) is 28.8. The summed E-state index contributed by atoms with van der Waals surface area (Å²) in [5.74, 6) is -1.63. The molecule has 1 saturated heterocycles. The topological polar surface area (TPSA) is 97.4 Å². The number of carbonyl (C=O) groups excluding carboxylic acids is 3. The maximum atomic E-state index is 11.1. The molecule has 0 aromatic carbocycles. The van der Waals surface area contributed by atoms with Gasteiger partial charge < -0.3 is 23.7 Å². The number of esters is 3. The molecule has 0 bridgehead atoms. The first-order valence-corrected chi connectivity index (χ1v) is 6.01. The van der Waals surface area contributed by atoms with Crippen molar-refractivity contribution in [2.24, 2.45) is 0 Å². The van der Waals surface area contributed by atoms with Gasteiger partial charge >= 0.3 is 17.9 Å². The second-order valence-corrected chi connectivity index (χ2v) is 4.23. The van der Waals surface area contributed by atoms with Gasteiger partial charge in [-0.25, -0.2) is 0 Å². The predicted molar refractivity (Wildman–Crippen MR) is 63.4 cm³/mol. The minimum Gasteiger partial charge on any atom is -0.463 e. The van der Waals surface area contributed by atoms with Crippen LogP contribution < -0.4 is 0 Å². The third-order valence-electron chi connectivity index (χ3n) is 2.55. The van der Waals surface area contributed by atoms with Crippen LogP contribution in [0.4, 0.5) is 0 Å². The number of hydrogen-bond donors (Lipinski definition) is 0. The molecule has 20 heavy (non-hydrogen) atoms. The lowest BCUT2D eigenvalue weighted by Gasteiger charge is -2.22. The van der Waals surface area contributed by atoms with Gasteiger partial charge in [-0.2, -0.15) is 0 Å². The van der Waals surface area contributed by atoms with E-state index < -0.39 is 42.5 Å². The summed E-state index contributed by atoms with van der Waals surface area (Å²) in [6.45, 7) is 3.54. The fourth-order valence-electron chi connectivity index (χ4n) is 1.87. The second kappa shape index (κ2) is 7.20. The molecular formula is C12H18O8. The molecule has 0 spiro atoms. The van der Waals surface area contributed by atoms with Crippen LogP contribution in [0, 0.1) is 0 Å². The van der Waals surface area contributed by atoms with Gasteiger partial charge in [0.2, 0.25) is 0 Å². The quantitative estimate of drug-likeness (QED) is 0.506. The van der Waals surface area contributed by atoms with E-state index in [0.29, 0.717) is 0 Å². The molecule has 8 nitrogen and oxygen atoms in total. The summed E-state index contributed by atoms with van der Waals surface area (Å²) in [4.78, 5) is 33.1. The monoisotopic (exact) mass is 290 g/mol. The molecule has 1 rings (SSSR count). The van der Waals surface area contributed by atoms with E-state index in [1.165, 1.54) is 27.9 Å². The van der Waals surface area contributed by atoms with Gasteiger partial charge in [0, 0.05) is 27.9 Å². The van der Waals surface area contributed by atoms with Crippen LogP contribution in [-0.2, 0) is 38.1 Å². The van der Waals surface area contributed by atoms with E-state index in [1.54, 1.807) is 0 Å². The Kier molecular flexibility index (Phi) is 5.90. The van der Waals surface area contributed by atoms with Gasteiger partial charge in [0.15, 0.2) is 18.5 Å². The Bertz CT molecular complexity index is 380. The van der Waals surface area contributed by atoms with Gasteiger partial charge in [-0.1, -0.05) is 0 Å². The highest BCUT2D eigenvalue weighted by Crippen LogP contribution is 2.27. The fourth-order valence-corrected chi connectivity index (χ4v) is 1.87. The Morgan fingerprint density at radius 2 is 1.50 bits per heavy atom. The van der Waals surface area contributed by atoms with Crippen LogP contribution in [0.2, 0.25) is 0 Å². The molecule has 0 aliphatic carbocycles. The molecule has 114 valence electrons. The molecule has 4 atom stereocenters. The molecule has 8 heteroatoms. The number of ether oxygens (including phenoxy) is 5. The van der Waals surface area contributed by atoms with Crippen molar-refractivity contribution in [3.05, 3.63) is 0 Å². The van der Waals surface area contributed by atoms with Crippen molar-refractivity contribution in [1.82, 2.24) is 0 Å². The van der Waals surface area contributed by atoms with Gasteiger partial charge in [0.1, 0.15) is 12.7 Å². The van der Waals surface area contributed by atoms with E-state index in [1.807, 2.05) is 0 Å². The summed E-state index contributed by atoms with van der Waals surface area (Å²) in [5.41, 5.74) is 0. The molecule has 0 amide bonds. The van der Waals surface area contributed by atoms with Crippen molar-refractivity contribution in [2.75, 3.05) is 13.7 Å². The molecule has 1 aliphatic heterocycles. The zero-order valence-electron chi connectivity index (χ0n) is 11.8. The molecule has 1 heterocycles. The highest BCUT2D eigenvalue weighted by atomic mass is 16.7. The Morgan fingerprint density at radius 1 is 0.950 bits per heavy atom. The minimum atomic E-state index is -0.915. The van der Waals surface area contributed by atoms with Crippen molar-refractivity contribution < 1.29 is 38.1 Å². The Balaban J connectivity index is 2.84. The Morgan fingerprint density at radius 3 is 1.95 bits per heavy atom. The number of carbonyl (C=O) groups is 3. The lowest BCUT2D eigenvalue weighted by Crippen LogP contribution is -2.41. The molecule has 2 unspecified atom stereocenters. The van der Waals surface area contributed by atoms with Crippen LogP contribution in [0.5, 0.6) is 0 Å². The number of methoxy groups -OCH3 is 1. The van der Waals surface area contributed by atoms with Crippen molar-refractivity contribution in [1.29, 1.82) is 0 Å². The average molecular weight is 290 g/mol. The lowest BCUT2D eigenvalue weighted by atomic mass is 10.1. The predicted octanol–water partition coefficient (Wildman–Crippen LogP) is -0.216. The van der Waals surface area contributed by atoms with Crippen LogP contribution in [0.25, 0.3) is 0 Å². The molecule has 0 radical (unpaired) electrons. The Labute approximate surface area is 116 Å². The highest BCUT2D eigenvalue weighted by Gasteiger charge is 2.49. The molecule has 0 aromatic heterocycles. The average Bonchev–Trinajstić information content (AvgIpc) is 2.63. The van der Waals surface area contributed by atoms with Gasteiger partial charge in [-0.05, 0) is 0 Å². The van der Waals surface area contributed by atoms with Crippen molar-refractivity contribution >= 4 is 17.9 Å². The van der Waals surface area contributed by atoms with Gasteiger partial charge in [-0.3, -0.25) is 14.4 Å². The summed E-state index contributed by atoms with van der Waals surface area (Å²) in [6.07, 6.45) is -3.48. The van der Waals surface area contributed by atoms with Gasteiger partial charge in [0.05, 0.1) is 0 Å². The van der Waals surface area contributed by atoms with E-state index in [-0.39, 0.29) is 6.61 Å². The van der Waals surface area contributed by atoms with Crippen molar-refractivity contribution in [2.45, 2.75) is 45.4 Å². The molecular weight excluding hydrogens is 272 g/mol. The van der Waals surface area contributed by atoms with Crippen LogP contribution in [0.1, 0.15) is 20.8 Å². The van der Waals surface area contributed by atoms with Crippen molar-refractivity contribution in [3.63, 3.8) is 0 Å². The van der Waals surface area contributed by atoms with Crippen LogP contribution in [0.15, 0.2) is 0 Å². The first-order chi connectivity index (χ1) is 9.35. The van der Waals surface area contributed by atoms with E-state index >= 15 is 0 Å².